The molecule has 0 fully saturated rings. The molecule has 4 nitrogen and oxygen atoms in total. The zero-order valence-corrected chi connectivity index (χ0v) is 11.8. The number of benzene rings is 1. The topological polar surface area (TPSA) is 56.2 Å². The van der Waals surface area contributed by atoms with Crippen molar-refractivity contribution in [2.75, 3.05) is 0 Å². The summed E-state index contributed by atoms with van der Waals surface area (Å²) < 4.78 is 1.87. The summed E-state index contributed by atoms with van der Waals surface area (Å²) in [7, 11) is 0. The summed E-state index contributed by atoms with van der Waals surface area (Å²) in [5.74, 6) is 1.23. The van der Waals surface area contributed by atoms with Gasteiger partial charge in [0.15, 0.2) is 5.82 Å². The van der Waals surface area contributed by atoms with Crippen molar-refractivity contribution in [1.82, 2.24) is 14.6 Å². The van der Waals surface area contributed by atoms with Gasteiger partial charge in [0.25, 0.3) is 0 Å². The van der Waals surface area contributed by atoms with Gasteiger partial charge in [-0.05, 0) is 11.5 Å². The van der Waals surface area contributed by atoms with E-state index in [2.05, 4.69) is 53.6 Å². The van der Waals surface area contributed by atoms with E-state index in [1.54, 1.807) is 11.3 Å². The molecule has 0 spiro atoms. The molecule has 0 bridgehead atoms. The molecular formula is C14H16N4S. The number of fused-ring (bicyclic) bond motifs is 1. The molecule has 19 heavy (non-hydrogen) atoms. The van der Waals surface area contributed by atoms with Crippen molar-refractivity contribution in [3.8, 4) is 11.3 Å². The van der Waals surface area contributed by atoms with Gasteiger partial charge in [-0.25, -0.2) is 9.50 Å². The summed E-state index contributed by atoms with van der Waals surface area (Å²) in [5.41, 5.74) is 9.15. The number of hydrogen-bond acceptors (Lipinski definition) is 4. The second-order valence-corrected chi connectivity index (χ2v) is 5.66. The van der Waals surface area contributed by atoms with Crippen LogP contribution in [0.5, 0.6) is 0 Å². The van der Waals surface area contributed by atoms with E-state index >= 15 is 0 Å². The summed E-state index contributed by atoms with van der Waals surface area (Å²) in [4.78, 5) is 5.26. The van der Waals surface area contributed by atoms with Crippen molar-refractivity contribution in [2.24, 2.45) is 5.73 Å². The maximum atomic E-state index is 5.58. The van der Waals surface area contributed by atoms with Crippen LogP contribution in [0.15, 0.2) is 29.6 Å². The molecule has 0 unspecified atom stereocenters. The van der Waals surface area contributed by atoms with Gasteiger partial charge in [0, 0.05) is 10.9 Å². The quantitative estimate of drug-likeness (QED) is 0.797. The first-order valence-corrected chi connectivity index (χ1v) is 7.20. The molecular weight excluding hydrogens is 256 g/mol. The minimum absolute atomic E-state index is 0.375. The van der Waals surface area contributed by atoms with E-state index in [1.807, 2.05) is 4.52 Å². The van der Waals surface area contributed by atoms with Crippen LogP contribution < -0.4 is 5.73 Å². The highest BCUT2D eigenvalue weighted by Gasteiger charge is 2.10. The van der Waals surface area contributed by atoms with Crippen LogP contribution in [0.3, 0.4) is 0 Å². The second-order valence-electron chi connectivity index (χ2n) is 4.82. The molecule has 0 amide bonds. The first-order valence-electron chi connectivity index (χ1n) is 6.32. The molecule has 2 heterocycles. The predicted molar refractivity (Wildman–Crippen MR) is 78.3 cm³/mol. The Balaban J connectivity index is 2.05. The molecule has 0 aliphatic rings. The Hall–Kier alpha value is -1.72. The van der Waals surface area contributed by atoms with Crippen molar-refractivity contribution in [3.05, 3.63) is 41.0 Å². The Morgan fingerprint density at radius 1 is 1.26 bits per heavy atom. The molecule has 98 valence electrons. The molecule has 0 saturated heterocycles. The summed E-state index contributed by atoms with van der Waals surface area (Å²) in [6.45, 7) is 4.77. The van der Waals surface area contributed by atoms with Crippen molar-refractivity contribution >= 4 is 16.3 Å². The van der Waals surface area contributed by atoms with Crippen LogP contribution in [-0.2, 0) is 6.54 Å². The fraction of sp³-hybridized carbons (Fsp3) is 0.286. The van der Waals surface area contributed by atoms with E-state index in [-0.39, 0.29) is 0 Å². The van der Waals surface area contributed by atoms with Crippen LogP contribution in [-0.4, -0.2) is 14.6 Å². The maximum absolute atomic E-state index is 5.58. The van der Waals surface area contributed by atoms with Crippen LogP contribution >= 0.6 is 11.3 Å². The van der Waals surface area contributed by atoms with Crippen LogP contribution in [0.1, 0.15) is 31.2 Å². The number of rotatable bonds is 3. The highest BCUT2D eigenvalue weighted by molar-refractivity contribution is 7.15. The number of aromatic nitrogens is 3. The van der Waals surface area contributed by atoms with Crippen LogP contribution in [0, 0.1) is 0 Å². The number of nitrogens with two attached hydrogens (primary N) is 1. The van der Waals surface area contributed by atoms with E-state index in [4.69, 9.17) is 5.73 Å². The Kier molecular flexibility index (Phi) is 3.08. The standard InChI is InChI=1S/C14H16N4S/c1-9(2)10-3-5-11(6-4-10)12-8-19-14-16-13(7-15)17-18(12)14/h3-6,8-9H,7,15H2,1-2H3. The average molecular weight is 272 g/mol. The van der Waals surface area contributed by atoms with E-state index in [0.29, 0.717) is 18.3 Å². The molecule has 0 saturated carbocycles. The Labute approximate surface area is 115 Å². The molecule has 0 radical (unpaired) electrons. The average Bonchev–Trinajstić information content (AvgIpc) is 2.98. The third-order valence-electron chi connectivity index (χ3n) is 3.18. The number of thiazole rings is 1. The molecule has 3 rings (SSSR count). The van der Waals surface area contributed by atoms with Gasteiger partial charge in [-0.15, -0.1) is 16.4 Å². The second kappa shape index (κ2) is 4.75. The van der Waals surface area contributed by atoms with Gasteiger partial charge in [-0.2, -0.15) is 0 Å². The van der Waals surface area contributed by atoms with E-state index < -0.39 is 0 Å². The van der Waals surface area contributed by atoms with Crippen molar-refractivity contribution < 1.29 is 0 Å². The van der Waals surface area contributed by atoms with Gasteiger partial charge >= 0.3 is 0 Å². The van der Waals surface area contributed by atoms with Crippen molar-refractivity contribution in [2.45, 2.75) is 26.3 Å². The lowest BCUT2D eigenvalue weighted by Gasteiger charge is -2.06. The smallest absolute Gasteiger partial charge is 0.212 e. The Morgan fingerprint density at radius 3 is 2.63 bits per heavy atom. The fourth-order valence-corrected chi connectivity index (χ4v) is 2.90. The van der Waals surface area contributed by atoms with Crippen molar-refractivity contribution in [1.29, 1.82) is 0 Å². The molecule has 2 N–H and O–H groups in total. The summed E-state index contributed by atoms with van der Waals surface area (Å²) >= 11 is 1.59. The Bertz CT molecular complexity index is 694. The molecule has 0 aliphatic carbocycles. The first-order chi connectivity index (χ1) is 9.19. The Morgan fingerprint density at radius 2 is 2.00 bits per heavy atom. The lowest BCUT2D eigenvalue weighted by molar-refractivity contribution is 0.865. The molecule has 0 aliphatic heterocycles. The zero-order chi connectivity index (χ0) is 13.4. The molecule has 1 aromatic carbocycles. The van der Waals surface area contributed by atoms with Crippen LogP contribution in [0.4, 0.5) is 0 Å². The molecule has 0 atom stereocenters. The van der Waals surface area contributed by atoms with E-state index in [1.165, 1.54) is 5.56 Å². The highest BCUT2D eigenvalue weighted by Crippen LogP contribution is 2.26. The predicted octanol–water partition coefficient (Wildman–Crippen LogP) is 3.04. The molecule has 2 aromatic heterocycles. The summed E-state index contributed by atoms with van der Waals surface area (Å²) in [6.07, 6.45) is 0. The molecule has 3 aromatic rings. The lowest BCUT2D eigenvalue weighted by Crippen LogP contribution is -1.99. The largest absolute Gasteiger partial charge is 0.324 e. The van der Waals surface area contributed by atoms with Crippen LogP contribution in [0.2, 0.25) is 0 Å². The van der Waals surface area contributed by atoms with Gasteiger partial charge in [0.05, 0.1) is 12.2 Å². The first kappa shape index (κ1) is 12.3. The number of hydrogen-bond donors (Lipinski definition) is 1. The van der Waals surface area contributed by atoms with E-state index in [9.17, 15) is 0 Å². The minimum atomic E-state index is 0.375. The maximum Gasteiger partial charge on any atom is 0.212 e. The summed E-state index contributed by atoms with van der Waals surface area (Å²) in [5, 5.41) is 6.50. The van der Waals surface area contributed by atoms with Crippen molar-refractivity contribution in [3.63, 3.8) is 0 Å². The van der Waals surface area contributed by atoms with Crippen LogP contribution in [0.25, 0.3) is 16.2 Å². The third-order valence-corrected chi connectivity index (χ3v) is 4.00. The lowest BCUT2D eigenvalue weighted by atomic mass is 10.0. The monoisotopic (exact) mass is 272 g/mol. The van der Waals surface area contributed by atoms with Gasteiger partial charge in [0.2, 0.25) is 4.96 Å². The van der Waals surface area contributed by atoms with Gasteiger partial charge in [-0.1, -0.05) is 38.1 Å². The summed E-state index contributed by atoms with van der Waals surface area (Å²) in [6, 6.07) is 8.62. The molecule has 5 heteroatoms. The van der Waals surface area contributed by atoms with Gasteiger partial charge in [0.1, 0.15) is 0 Å². The van der Waals surface area contributed by atoms with Gasteiger partial charge in [-0.3, -0.25) is 0 Å². The van der Waals surface area contributed by atoms with Gasteiger partial charge < -0.3 is 5.73 Å². The normalized spacial score (nSPS) is 11.6. The highest BCUT2D eigenvalue weighted by atomic mass is 32.1. The minimum Gasteiger partial charge on any atom is -0.324 e. The van der Waals surface area contributed by atoms with E-state index in [0.717, 1.165) is 16.2 Å². The number of nitrogens with zero attached hydrogens (tertiary/aromatic N) is 3. The fourth-order valence-electron chi connectivity index (χ4n) is 2.05. The SMILES string of the molecule is CC(C)c1ccc(-c2csc3nc(CN)nn23)cc1. The third kappa shape index (κ3) is 2.15. The zero-order valence-electron chi connectivity index (χ0n) is 11.0.